The molecule has 1 atom stereocenters. The van der Waals surface area contributed by atoms with Crippen molar-refractivity contribution < 1.29 is 18.4 Å². The number of rotatable bonds is 5. The van der Waals surface area contributed by atoms with Gasteiger partial charge in [-0.25, -0.2) is 4.39 Å². The number of hydrogen-bond donors (Lipinski definition) is 1. The lowest BCUT2D eigenvalue weighted by atomic mass is 10.0. The average Bonchev–Trinajstić information content (AvgIpc) is 3.31. The minimum atomic E-state index is -0.338. The first-order valence-electron chi connectivity index (χ1n) is 9.73. The van der Waals surface area contributed by atoms with Gasteiger partial charge >= 0.3 is 0 Å². The maximum atomic E-state index is 13.4. The van der Waals surface area contributed by atoms with E-state index < -0.39 is 0 Å². The fraction of sp³-hybridized carbons (Fsp3) is 0.550. The highest BCUT2D eigenvalue weighted by molar-refractivity contribution is 5.76. The van der Waals surface area contributed by atoms with Crippen molar-refractivity contribution >= 4 is 5.91 Å². The van der Waals surface area contributed by atoms with Gasteiger partial charge in [0.05, 0.1) is 12.6 Å². The van der Waals surface area contributed by atoms with Crippen LogP contribution in [0.25, 0.3) is 0 Å². The molecule has 0 bridgehead atoms. The lowest BCUT2D eigenvalue weighted by Crippen LogP contribution is -2.28. The second-order valence-corrected chi connectivity index (χ2v) is 7.32. The first-order valence-corrected chi connectivity index (χ1v) is 9.73. The zero-order valence-corrected chi connectivity index (χ0v) is 15.2. The number of carbonyl (C=O) groups is 1. The third-order valence-corrected chi connectivity index (χ3v) is 5.35. The van der Waals surface area contributed by atoms with Gasteiger partial charge in [0.15, 0.2) is 5.82 Å². The predicted molar refractivity (Wildman–Crippen MR) is 95.8 cm³/mol. The molecule has 2 aliphatic rings. The molecule has 0 radical (unpaired) electrons. The number of nitrogens with one attached hydrogen (secondary N) is 1. The molecular formula is C20H24FN3O3. The van der Waals surface area contributed by atoms with Gasteiger partial charge in [-0.3, -0.25) is 4.79 Å². The molecular weight excluding hydrogens is 349 g/mol. The maximum absolute atomic E-state index is 13.4. The van der Waals surface area contributed by atoms with E-state index in [0.717, 1.165) is 37.1 Å². The van der Waals surface area contributed by atoms with Crippen LogP contribution in [0.3, 0.4) is 0 Å². The molecule has 6 nitrogen and oxygen atoms in total. The molecule has 4 rings (SSSR count). The normalized spacial score (nSPS) is 20.0. The molecule has 1 aliphatic carbocycles. The van der Waals surface area contributed by atoms with Crippen LogP contribution in [0.5, 0.6) is 5.75 Å². The SMILES string of the molecule is O=C(CCc1nc(C2CCCC2)no1)NC1CCCOc2cc(F)ccc21. The van der Waals surface area contributed by atoms with Crippen LogP contribution in [0.4, 0.5) is 4.39 Å². The first-order chi connectivity index (χ1) is 13.2. The highest BCUT2D eigenvalue weighted by Gasteiger charge is 2.24. The number of halogens is 1. The van der Waals surface area contributed by atoms with Crippen molar-refractivity contribution in [2.24, 2.45) is 0 Å². The molecule has 1 aromatic carbocycles. The summed E-state index contributed by atoms with van der Waals surface area (Å²) in [5, 5.41) is 7.11. The standard InChI is InChI=1S/C20H24FN3O3/c21-14-7-8-15-16(6-3-11-26-17(15)12-14)22-18(25)9-10-19-23-20(24-27-19)13-4-1-2-5-13/h7-8,12-13,16H,1-6,9-11H2,(H,22,25). The highest BCUT2D eigenvalue weighted by Crippen LogP contribution is 2.33. The number of nitrogens with zero attached hydrogens (tertiary/aromatic N) is 2. The Labute approximate surface area is 157 Å². The largest absolute Gasteiger partial charge is 0.493 e. The van der Waals surface area contributed by atoms with Gasteiger partial charge in [0.2, 0.25) is 11.8 Å². The molecule has 2 heterocycles. The van der Waals surface area contributed by atoms with E-state index in [0.29, 0.717) is 30.6 Å². The summed E-state index contributed by atoms with van der Waals surface area (Å²) in [7, 11) is 0. The third-order valence-electron chi connectivity index (χ3n) is 5.35. The zero-order valence-electron chi connectivity index (χ0n) is 15.2. The summed E-state index contributed by atoms with van der Waals surface area (Å²) in [6, 6.07) is 4.29. The van der Waals surface area contributed by atoms with Gasteiger partial charge in [0.1, 0.15) is 11.6 Å². The third kappa shape index (κ3) is 4.28. The van der Waals surface area contributed by atoms with E-state index in [-0.39, 0.29) is 24.2 Å². The molecule has 7 heteroatoms. The molecule has 1 fully saturated rings. The summed E-state index contributed by atoms with van der Waals surface area (Å²) in [5.41, 5.74) is 0.823. The minimum absolute atomic E-state index is 0.0854. The molecule has 1 unspecified atom stereocenters. The van der Waals surface area contributed by atoms with Crippen LogP contribution in [-0.2, 0) is 11.2 Å². The van der Waals surface area contributed by atoms with Crippen molar-refractivity contribution in [1.82, 2.24) is 15.5 Å². The fourth-order valence-corrected chi connectivity index (χ4v) is 3.90. The molecule has 2 aromatic rings. The van der Waals surface area contributed by atoms with E-state index in [1.807, 2.05) is 0 Å². The zero-order chi connectivity index (χ0) is 18.6. The van der Waals surface area contributed by atoms with Gasteiger partial charge in [-0.05, 0) is 31.7 Å². The number of aromatic nitrogens is 2. The van der Waals surface area contributed by atoms with Crippen LogP contribution < -0.4 is 10.1 Å². The van der Waals surface area contributed by atoms with Crippen molar-refractivity contribution in [2.45, 2.75) is 63.3 Å². The van der Waals surface area contributed by atoms with Crippen LogP contribution in [-0.4, -0.2) is 22.7 Å². The Morgan fingerprint density at radius 2 is 2.07 bits per heavy atom. The molecule has 1 saturated carbocycles. The first kappa shape index (κ1) is 17.9. The number of fused-ring (bicyclic) bond motifs is 1. The van der Waals surface area contributed by atoms with Crippen molar-refractivity contribution in [3.63, 3.8) is 0 Å². The summed E-state index contributed by atoms with van der Waals surface area (Å²) >= 11 is 0. The smallest absolute Gasteiger partial charge is 0.227 e. The predicted octanol–water partition coefficient (Wildman–Crippen LogP) is 3.83. The quantitative estimate of drug-likeness (QED) is 0.862. The second-order valence-electron chi connectivity index (χ2n) is 7.32. The number of benzene rings is 1. The highest BCUT2D eigenvalue weighted by atomic mass is 19.1. The van der Waals surface area contributed by atoms with Crippen LogP contribution in [0, 0.1) is 5.82 Å². The lowest BCUT2D eigenvalue weighted by molar-refractivity contribution is -0.121. The lowest BCUT2D eigenvalue weighted by Gasteiger charge is -2.18. The fourth-order valence-electron chi connectivity index (χ4n) is 3.90. The maximum Gasteiger partial charge on any atom is 0.227 e. The van der Waals surface area contributed by atoms with Crippen molar-refractivity contribution in [3.05, 3.63) is 41.3 Å². The van der Waals surface area contributed by atoms with Crippen molar-refractivity contribution in [2.75, 3.05) is 6.61 Å². The number of aryl methyl sites for hydroxylation is 1. The summed E-state index contributed by atoms with van der Waals surface area (Å²) < 4.78 is 24.3. The Hall–Kier alpha value is -2.44. The molecule has 1 N–H and O–H groups in total. The Morgan fingerprint density at radius 3 is 2.93 bits per heavy atom. The summed E-state index contributed by atoms with van der Waals surface area (Å²) in [6.07, 6.45) is 6.92. The average molecular weight is 373 g/mol. The molecule has 0 spiro atoms. The van der Waals surface area contributed by atoms with Crippen LogP contribution in [0.15, 0.2) is 22.7 Å². The summed E-state index contributed by atoms with van der Waals surface area (Å²) in [5.74, 6) is 1.78. The summed E-state index contributed by atoms with van der Waals surface area (Å²) in [4.78, 5) is 16.9. The van der Waals surface area contributed by atoms with Gasteiger partial charge in [-0.15, -0.1) is 0 Å². The molecule has 1 aliphatic heterocycles. The molecule has 1 amide bonds. The van der Waals surface area contributed by atoms with E-state index in [9.17, 15) is 9.18 Å². The van der Waals surface area contributed by atoms with Gasteiger partial charge in [-0.1, -0.05) is 24.1 Å². The topological polar surface area (TPSA) is 77.2 Å². The number of ether oxygens (including phenoxy) is 1. The molecule has 144 valence electrons. The van der Waals surface area contributed by atoms with Crippen LogP contribution in [0.1, 0.15) is 74.2 Å². The Morgan fingerprint density at radius 1 is 1.22 bits per heavy atom. The Balaban J connectivity index is 1.34. The van der Waals surface area contributed by atoms with E-state index in [2.05, 4.69) is 15.5 Å². The Bertz CT molecular complexity index is 802. The van der Waals surface area contributed by atoms with E-state index in [1.54, 1.807) is 6.07 Å². The summed E-state index contributed by atoms with van der Waals surface area (Å²) in [6.45, 7) is 0.523. The van der Waals surface area contributed by atoms with E-state index in [1.165, 1.54) is 25.0 Å². The molecule has 1 aromatic heterocycles. The number of hydrogen-bond acceptors (Lipinski definition) is 5. The van der Waals surface area contributed by atoms with Gasteiger partial charge in [-0.2, -0.15) is 4.98 Å². The van der Waals surface area contributed by atoms with Crippen molar-refractivity contribution in [1.29, 1.82) is 0 Å². The number of amides is 1. The van der Waals surface area contributed by atoms with Gasteiger partial charge in [0, 0.05) is 30.4 Å². The van der Waals surface area contributed by atoms with Crippen LogP contribution >= 0.6 is 0 Å². The van der Waals surface area contributed by atoms with Crippen LogP contribution in [0.2, 0.25) is 0 Å². The van der Waals surface area contributed by atoms with Gasteiger partial charge < -0.3 is 14.6 Å². The second kappa shape index (κ2) is 8.06. The molecule has 0 saturated heterocycles. The molecule has 27 heavy (non-hydrogen) atoms. The van der Waals surface area contributed by atoms with E-state index in [4.69, 9.17) is 9.26 Å². The van der Waals surface area contributed by atoms with Gasteiger partial charge in [0.25, 0.3) is 0 Å². The monoisotopic (exact) mass is 373 g/mol. The van der Waals surface area contributed by atoms with Crippen molar-refractivity contribution in [3.8, 4) is 5.75 Å². The number of carbonyl (C=O) groups excluding carboxylic acids is 1. The van der Waals surface area contributed by atoms with E-state index >= 15 is 0 Å². The Kier molecular flexibility index (Phi) is 5.36. The minimum Gasteiger partial charge on any atom is -0.493 e.